The number of hydrogen-bond acceptors (Lipinski definition) is 2. The zero-order valence-electron chi connectivity index (χ0n) is 12.3. The van der Waals surface area contributed by atoms with Crippen LogP contribution in [0.5, 0.6) is 5.75 Å². The molecule has 1 saturated carbocycles. The number of rotatable bonds is 5. The van der Waals surface area contributed by atoms with Crippen LogP contribution in [0.1, 0.15) is 44.6 Å². The van der Waals surface area contributed by atoms with Crippen molar-refractivity contribution in [1.82, 2.24) is 5.32 Å². The monoisotopic (exact) mass is 301 g/mol. The molecule has 0 amide bonds. The fourth-order valence-corrected chi connectivity index (χ4v) is 2.90. The summed E-state index contributed by atoms with van der Waals surface area (Å²) in [6, 6.07) is 6.04. The molecule has 0 radical (unpaired) electrons. The van der Waals surface area contributed by atoms with E-state index >= 15 is 0 Å². The van der Waals surface area contributed by atoms with Crippen LogP contribution in [0.2, 0.25) is 0 Å². The average molecular weight is 301 g/mol. The van der Waals surface area contributed by atoms with Crippen LogP contribution < -0.4 is 10.1 Å². The summed E-state index contributed by atoms with van der Waals surface area (Å²) in [5, 5.41) is 3.42. The van der Waals surface area contributed by atoms with Crippen molar-refractivity contribution in [3.8, 4) is 5.75 Å². The lowest BCUT2D eigenvalue weighted by Crippen LogP contribution is -2.33. The van der Waals surface area contributed by atoms with Crippen molar-refractivity contribution in [3.05, 3.63) is 29.8 Å². The van der Waals surface area contributed by atoms with Gasteiger partial charge >= 0.3 is 6.36 Å². The molecule has 1 aromatic rings. The van der Waals surface area contributed by atoms with Gasteiger partial charge in [0.1, 0.15) is 5.75 Å². The number of alkyl halides is 3. The van der Waals surface area contributed by atoms with Crippen LogP contribution in [-0.4, -0.2) is 12.9 Å². The fraction of sp³-hybridized carbons (Fsp3) is 0.625. The van der Waals surface area contributed by atoms with Crippen molar-refractivity contribution in [2.45, 2.75) is 51.9 Å². The Kier molecular flexibility index (Phi) is 5.14. The molecule has 21 heavy (non-hydrogen) atoms. The van der Waals surface area contributed by atoms with E-state index in [-0.39, 0.29) is 5.75 Å². The smallest absolute Gasteiger partial charge is 0.406 e. The summed E-state index contributed by atoms with van der Waals surface area (Å²) >= 11 is 0. The summed E-state index contributed by atoms with van der Waals surface area (Å²) in [6.07, 6.45) is 1.78. The number of benzene rings is 1. The van der Waals surface area contributed by atoms with Crippen LogP contribution in [-0.2, 0) is 6.54 Å². The minimum absolute atomic E-state index is 0.175. The predicted molar refractivity (Wildman–Crippen MR) is 76.0 cm³/mol. The van der Waals surface area contributed by atoms with Crippen molar-refractivity contribution in [1.29, 1.82) is 0 Å². The summed E-state index contributed by atoms with van der Waals surface area (Å²) in [5.41, 5.74) is 1.32. The van der Waals surface area contributed by atoms with E-state index in [0.717, 1.165) is 12.1 Å². The molecule has 1 aliphatic carbocycles. The van der Waals surface area contributed by atoms with E-state index in [9.17, 15) is 13.2 Å². The quantitative estimate of drug-likeness (QED) is 0.855. The first kappa shape index (κ1) is 16.1. The molecule has 0 heterocycles. The van der Waals surface area contributed by atoms with Crippen molar-refractivity contribution in [2.24, 2.45) is 5.41 Å². The van der Waals surface area contributed by atoms with Gasteiger partial charge in [-0.15, -0.1) is 13.2 Å². The highest BCUT2D eigenvalue weighted by atomic mass is 19.4. The Morgan fingerprint density at radius 2 is 1.71 bits per heavy atom. The van der Waals surface area contributed by atoms with Gasteiger partial charge in [-0.25, -0.2) is 0 Å². The Bertz CT molecular complexity index is 436. The van der Waals surface area contributed by atoms with Gasteiger partial charge in [-0.3, -0.25) is 0 Å². The van der Waals surface area contributed by atoms with Crippen molar-refractivity contribution >= 4 is 0 Å². The molecule has 1 fully saturated rings. The second-order valence-corrected chi connectivity index (χ2v) is 6.17. The average Bonchev–Trinajstić information content (AvgIpc) is 2.40. The fourth-order valence-electron chi connectivity index (χ4n) is 2.90. The van der Waals surface area contributed by atoms with Crippen LogP contribution in [0.4, 0.5) is 13.2 Å². The Hall–Kier alpha value is -1.23. The van der Waals surface area contributed by atoms with E-state index in [1.807, 2.05) is 0 Å². The third kappa shape index (κ3) is 5.58. The molecule has 0 atom stereocenters. The third-order valence-electron chi connectivity index (χ3n) is 4.10. The molecule has 1 aliphatic rings. The molecule has 1 N–H and O–H groups in total. The Morgan fingerprint density at radius 1 is 1.10 bits per heavy atom. The minimum atomic E-state index is -4.63. The topological polar surface area (TPSA) is 21.3 Å². The summed E-state index contributed by atoms with van der Waals surface area (Å²) in [4.78, 5) is 0. The molecule has 5 heteroatoms. The molecule has 2 nitrogen and oxygen atoms in total. The second kappa shape index (κ2) is 6.69. The lowest BCUT2D eigenvalue weighted by molar-refractivity contribution is -0.274. The van der Waals surface area contributed by atoms with Gasteiger partial charge in [0, 0.05) is 13.1 Å². The van der Waals surface area contributed by atoms with Gasteiger partial charge in [0.15, 0.2) is 0 Å². The van der Waals surface area contributed by atoms with Crippen LogP contribution in [0.3, 0.4) is 0 Å². The molecule has 0 bridgehead atoms. The van der Waals surface area contributed by atoms with Gasteiger partial charge in [-0.2, -0.15) is 0 Å². The highest BCUT2D eigenvalue weighted by molar-refractivity contribution is 5.27. The second-order valence-electron chi connectivity index (χ2n) is 6.17. The van der Waals surface area contributed by atoms with Crippen LogP contribution in [0.25, 0.3) is 0 Å². The first-order chi connectivity index (χ1) is 9.86. The molecule has 1 aromatic carbocycles. The first-order valence-corrected chi connectivity index (χ1v) is 7.42. The van der Waals surface area contributed by atoms with Gasteiger partial charge in [-0.05, 0) is 36.0 Å². The van der Waals surface area contributed by atoms with Gasteiger partial charge in [0.2, 0.25) is 0 Å². The molecular formula is C16H22F3NO. The molecule has 0 saturated heterocycles. The van der Waals surface area contributed by atoms with Gasteiger partial charge in [-0.1, -0.05) is 38.3 Å². The summed E-state index contributed by atoms with van der Waals surface area (Å²) in [6.45, 7) is 3.93. The summed E-state index contributed by atoms with van der Waals surface area (Å²) in [7, 11) is 0. The largest absolute Gasteiger partial charge is 0.573 e. The molecule has 2 rings (SSSR count). The number of hydrogen-bond donors (Lipinski definition) is 1. The van der Waals surface area contributed by atoms with Crippen molar-refractivity contribution in [3.63, 3.8) is 0 Å². The lowest BCUT2D eigenvalue weighted by atomic mass is 9.76. The van der Waals surface area contributed by atoms with Crippen molar-refractivity contribution < 1.29 is 17.9 Å². The summed E-state index contributed by atoms with van der Waals surface area (Å²) in [5.74, 6) is -0.175. The van der Waals surface area contributed by atoms with E-state index < -0.39 is 6.36 Å². The normalized spacial score (nSPS) is 18.5. The number of nitrogens with one attached hydrogen (secondary N) is 1. The minimum Gasteiger partial charge on any atom is -0.406 e. The van der Waals surface area contributed by atoms with E-state index in [2.05, 4.69) is 17.0 Å². The van der Waals surface area contributed by atoms with Gasteiger partial charge < -0.3 is 10.1 Å². The highest BCUT2D eigenvalue weighted by Gasteiger charge is 2.31. The zero-order valence-corrected chi connectivity index (χ0v) is 12.3. The maximum absolute atomic E-state index is 12.1. The van der Waals surface area contributed by atoms with Gasteiger partial charge in [0.25, 0.3) is 0 Å². The SMILES string of the molecule is CC1(CNCc2ccc(OC(F)(F)F)cc2)CCCCC1. The standard InChI is InChI=1S/C16H22F3NO/c1-15(9-3-2-4-10-15)12-20-11-13-5-7-14(8-6-13)21-16(17,18)19/h5-8,20H,2-4,9-12H2,1H3. The first-order valence-electron chi connectivity index (χ1n) is 7.42. The summed E-state index contributed by atoms with van der Waals surface area (Å²) < 4.78 is 40.0. The van der Waals surface area contributed by atoms with E-state index in [1.165, 1.54) is 44.2 Å². The number of halogens is 3. The molecule has 0 aliphatic heterocycles. The maximum Gasteiger partial charge on any atom is 0.573 e. The van der Waals surface area contributed by atoms with E-state index in [4.69, 9.17) is 0 Å². The highest BCUT2D eigenvalue weighted by Crippen LogP contribution is 2.35. The van der Waals surface area contributed by atoms with Crippen LogP contribution in [0, 0.1) is 5.41 Å². The molecule has 0 aromatic heterocycles. The van der Waals surface area contributed by atoms with E-state index in [0.29, 0.717) is 12.0 Å². The van der Waals surface area contributed by atoms with Crippen LogP contribution >= 0.6 is 0 Å². The predicted octanol–water partition coefficient (Wildman–Crippen LogP) is 4.65. The maximum atomic E-state index is 12.1. The van der Waals surface area contributed by atoms with E-state index in [1.54, 1.807) is 12.1 Å². The van der Waals surface area contributed by atoms with Crippen LogP contribution in [0.15, 0.2) is 24.3 Å². The molecular weight excluding hydrogens is 279 g/mol. The molecule has 0 unspecified atom stereocenters. The Morgan fingerprint density at radius 3 is 2.29 bits per heavy atom. The third-order valence-corrected chi connectivity index (χ3v) is 4.10. The molecule has 0 spiro atoms. The molecule has 118 valence electrons. The number of ether oxygens (including phenoxy) is 1. The van der Waals surface area contributed by atoms with Crippen molar-refractivity contribution in [2.75, 3.05) is 6.54 Å². The Balaban J connectivity index is 1.78. The Labute approximate surface area is 123 Å². The zero-order chi connectivity index (χ0) is 15.3. The van der Waals surface area contributed by atoms with Gasteiger partial charge in [0.05, 0.1) is 0 Å². The lowest BCUT2D eigenvalue weighted by Gasteiger charge is -2.33.